The van der Waals surface area contributed by atoms with E-state index in [0.29, 0.717) is 11.3 Å². The largest absolute Gasteiger partial charge is 0.497 e. The lowest BCUT2D eigenvalue weighted by atomic mass is 10.2. The van der Waals surface area contributed by atoms with Gasteiger partial charge >= 0.3 is 0 Å². The van der Waals surface area contributed by atoms with E-state index in [2.05, 4.69) is 15.4 Å². The van der Waals surface area contributed by atoms with Gasteiger partial charge in [-0.25, -0.2) is 4.68 Å². The normalized spacial score (nSPS) is 10.5. The Hall–Kier alpha value is -3.15. The average Bonchev–Trinajstić information content (AvgIpc) is 2.90. The second-order valence-corrected chi connectivity index (χ2v) is 5.36. The van der Waals surface area contributed by atoms with Gasteiger partial charge < -0.3 is 10.1 Å². The Morgan fingerprint density at radius 2 is 1.92 bits per heavy atom. The van der Waals surface area contributed by atoms with E-state index >= 15 is 0 Å². The van der Waals surface area contributed by atoms with Crippen LogP contribution in [0, 0.1) is 13.8 Å². The standard InChI is InChI=1S/C18H18N4O2/c1-12-18(20-17-10-19-9-8-14(17)11-23)13(2)22(21-12)15-4-6-16(24-3)7-5-15/h4-11,20H,1-3H3. The molecule has 0 unspecified atom stereocenters. The summed E-state index contributed by atoms with van der Waals surface area (Å²) in [7, 11) is 1.64. The number of nitrogens with zero attached hydrogens (tertiary/aromatic N) is 3. The number of benzene rings is 1. The first-order valence-corrected chi connectivity index (χ1v) is 7.51. The quantitative estimate of drug-likeness (QED) is 0.729. The minimum absolute atomic E-state index is 0.556. The average molecular weight is 322 g/mol. The summed E-state index contributed by atoms with van der Waals surface area (Å²) in [5.74, 6) is 0.796. The summed E-state index contributed by atoms with van der Waals surface area (Å²) in [4.78, 5) is 15.2. The van der Waals surface area contributed by atoms with E-state index in [4.69, 9.17) is 4.74 Å². The van der Waals surface area contributed by atoms with Crippen molar-refractivity contribution in [2.45, 2.75) is 13.8 Å². The Morgan fingerprint density at radius 3 is 2.58 bits per heavy atom. The van der Waals surface area contributed by atoms with Crippen LogP contribution in [-0.4, -0.2) is 28.2 Å². The molecule has 24 heavy (non-hydrogen) atoms. The van der Waals surface area contributed by atoms with Crippen LogP contribution in [0.3, 0.4) is 0 Å². The Labute approximate surface area is 140 Å². The highest BCUT2D eigenvalue weighted by Gasteiger charge is 2.14. The van der Waals surface area contributed by atoms with Crippen LogP contribution in [0.2, 0.25) is 0 Å². The lowest BCUT2D eigenvalue weighted by Gasteiger charge is -2.09. The van der Waals surface area contributed by atoms with E-state index in [-0.39, 0.29) is 0 Å². The van der Waals surface area contributed by atoms with Crippen LogP contribution >= 0.6 is 0 Å². The fraction of sp³-hybridized carbons (Fsp3) is 0.167. The van der Waals surface area contributed by atoms with E-state index in [1.165, 1.54) is 0 Å². The highest BCUT2D eigenvalue weighted by atomic mass is 16.5. The minimum atomic E-state index is 0.556. The molecule has 6 nitrogen and oxygen atoms in total. The molecule has 0 amide bonds. The third-order valence-electron chi connectivity index (χ3n) is 3.85. The van der Waals surface area contributed by atoms with Crippen molar-refractivity contribution in [1.82, 2.24) is 14.8 Å². The topological polar surface area (TPSA) is 69.0 Å². The van der Waals surface area contributed by atoms with Crippen LogP contribution in [0.15, 0.2) is 42.7 Å². The van der Waals surface area contributed by atoms with Crippen LogP contribution in [0.25, 0.3) is 5.69 Å². The number of aldehydes is 1. The van der Waals surface area contributed by atoms with Gasteiger partial charge in [-0.05, 0) is 44.2 Å². The Kier molecular flexibility index (Phi) is 4.29. The zero-order valence-electron chi connectivity index (χ0n) is 13.8. The molecule has 2 heterocycles. The summed E-state index contributed by atoms with van der Waals surface area (Å²) in [5.41, 5.74) is 4.80. The molecular formula is C18H18N4O2. The number of aryl methyl sites for hydroxylation is 1. The maximum Gasteiger partial charge on any atom is 0.152 e. The van der Waals surface area contributed by atoms with Crippen LogP contribution in [0.4, 0.5) is 11.4 Å². The molecule has 0 bridgehead atoms. The van der Waals surface area contributed by atoms with E-state index in [1.54, 1.807) is 25.6 Å². The summed E-state index contributed by atoms with van der Waals surface area (Å²) in [6.07, 6.45) is 4.03. The third-order valence-corrected chi connectivity index (χ3v) is 3.85. The second-order valence-electron chi connectivity index (χ2n) is 5.36. The number of methoxy groups -OCH3 is 1. The molecule has 0 aliphatic heterocycles. The molecule has 122 valence electrons. The molecule has 3 rings (SSSR count). The molecule has 0 spiro atoms. The maximum atomic E-state index is 11.2. The number of pyridine rings is 1. The van der Waals surface area contributed by atoms with Gasteiger partial charge in [0.2, 0.25) is 0 Å². The van der Waals surface area contributed by atoms with Crippen molar-refractivity contribution in [3.05, 3.63) is 59.7 Å². The molecule has 0 saturated carbocycles. The maximum absolute atomic E-state index is 11.2. The third kappa shape index (κ3) is 2.86. The predicted octanol–water partition coefficient (Wildman–Crippen LogP) is 3.45. The Balaban J connectivity index is 1.98. The van der Waals surface area contributed by atoms with Crippen molar-refractivity contribution >= 4 is 17.7 Å². The first kappa shape index (κ1) is 15.7. The summed E-state index contributed by atoms with van der Waals surface area (Å²) in [6, 6.07) is 9.36. The van der Waals surface area contributed by atoms with E-state index in [0.717, 1.165) is 34.8 Å². The molecule has 0 atom stereocenters. The number of aromatic nitrogens is 3. The number of hydrogen-bond acceptors (Lipinski definition) is 5. The van der Waals surface area contributed by atoms with Gasteiger partial charge in [0.25, 0.3) is 0 Å². The van der Waals surface area contributed by atoms with Crippen LogP contribution in [0.1, 0.15) is 21.7 Å². The van der Waals surface area contributed by atoms with Gasteiger partial charge in [-0.15, -0.1) is 0 Å². The van der Waals surface area contributed by atoms with Crippen LogP contribution in [0.5, 0.6) is 5.75 Å². The summed E-state index contributed by atoms with van der Waals surface area (Å²) >= 11 is 0. The smallest absolute Gasteiger partial charge is 0.152 e. The van der Waals surface area contributed by atoms with Crippen LogP contribution < -0.4 is 10.1 Å². The highest BCUT2D eigenvalue weighted by Crippen LogP contribution is 2.27. The van der Waals surface area contributed by atoms with Crippen molar-refractivity contribution in [3.63, 3.8) is 0 Å². The number of ether oxygens (including phenoxy) is 1. The number of carbonyl (C=O) groups is 1. The molecule has 3 aromatic rings. The van der Waals surface area contributed by atoms with Gasteiger partial charge in [0, 0.05) is 11.8 Å². The second kappa shape index (κ2) is 6.54. The Bertz CT molecular complexity index is 869. The number of nitrogens with one attached hydrogen (secondary N) is 1. The lowest BCUT2D eigenvalue weighted by Crippen LogP contribution is -2.01. The predicted molar refractivity (Wildman–Crippen MR) is 92.5 cm³/mol. The molecule has 6 heteroatoms. The zero-order valence-corrected chi connectivity index (χ0v) is 13.8. The van der Waals surface area contributed by atoms with Crippen LogP contribution in [-0.2, 0) is 0 Å². The first-order valence-electron chi connectivity index (χ1n) is 7.51. The molecule has 0 aliphatic carbocycles. The number of hydrogen-bond donors (Lipinski definition) is 1. The minimum Gasteiger partial charge on any atom is -0.497 e. The fourth-order valence-corrected chi connectivity index (χ4v) is 2.55. The SMILES string of the molecule is COc1ccc(-n2nc(C)c(Nc3cnccc3C=O)c2C)cc1. The van der Waals surface area contributed by atoms with Crippen molar-refractivity contribution in [1.29, 1.82) is 0 Å². The molecule has 2 aromatic heterocycles. The van der Waals surface area contributed by atoms with Gasteiger partial charge in [-0.3, -0.25) is 9.78 Å². The number of anilines is 2. The molecule has 1 aromatic carbocycles. The number of rotatable bonds is 5. The van der Waals surface area contributed by atoms with Gasteiger partial charge in [-0.2, -0.15) is 5.10 Å². The van der Waals surface area contributed by atoms with E-state index in [9.17, 15) is 4.79 Å². The molecule has 1 N–H and O–H groups in total. The van der Waals surface area contributed by atoms with Crippen molar-refractivity contribution in [3.8, 4) is 11.4 Å². The van der Waals surface area contributed by atoms with Gasteiger partial charge in [0.15, 0.2) is 6.29 Å². The summed E-state index contributed by atoms with van der Waals surface area (Å²) < 4.78 is 7.04. The molecule has 0 aliphatic rings. The highest BCUT2D eigenvalue weighted by molar-refractivity contribution is 5.85. The Morgan fingerprint density at radius 1 is 1.17 bits per heavy atom. The fourth-order valence-electron chi connectivity index (χ4n) is 2.55. The molecule has 0 fully saturated rings. The lowest BCUT2D eigenvalue weighted by molar-refractivity contribution is 0.112. The number of carbonyl (C=O) groups excluding carboxylic acids is 1. The first-order chi connectivity index (χ1) is 11.6. The summed E-state index contributed by atoms with van der Waals surface area (Å²) in [6.45, 7) is 3.90. The van der Waals surface area contributed by atoms with Crippen molar-refractivity contribution in [2.75, 3.05) is 12.4 Å². The molecule has 0 radical (unpaired) electrons. The molecule has 0 saturated heterocycles. The zero-order chi connectivity index (χ0) is 17.1. The van der Waals surface area contributed by atoms with Crippen molar-refractivity contribution in [2.24, 2.45) is 0 Å². The molecular weight excluding hydrogens is 304 g/mol. The van der Waals surface area contributed by atoms with E-state index < -0.39 is 0 Å². The van der Waals surface area contributed by atoms with E-state index in [1.807, 2.05) is 42.8 Å². The van der Waals surface area contributed by atoms with Gasteiger partial charge in [0.1, 0.15) is 5.75 Å². The van der Waals surface area contributed by atoms with Gasteiger partial charge in [-0.1, -0.05) is 0 Å². The monoisotopic (exact) mass is 322 g/mol. The van der Waals surface area contributed by atoms with Gasteiger partial charge in [0.05, 0.1) is 41.8 Å². The summed E-state index contributed by atoms with van der Waals surface area (Å²) in [5, 5.41) is 7.86. The van der Waals surface area contributed by atoms with Crippen molar-refractivity contribution < 1.29 is 9.53 Å².